The molecule has 0 radical (unpaired) electrons. The summed E-state index contributed by atoms with van der Waals surface area (Å²) in [7, 11) is 0. The molecule has 2 aliphatic rings. The van der Waals surface area contributed by atoms with Crippen molar-refractivity contribution in [2.45, 2.75) is 57.7 Å². The first kappa shape index (κ1) is 22.1. The maximum Gasteiger partial charge on any atom is 0.146 e. The highest BCUT2D eigenvalue weighted by atomic mass is 16.5. The average molecular weight is 468 g/mol. The van der Waals surface area contributed by atoms with E-state index in [0.717, 1.165) is 39.5 Å². The van der Waals surface area contributed by atoms with Crippen LogP contribution >= 0.6 is 0 Å². The van der Waals surface area contributed by atoms with Crippen molar-refractivity contribution in [1.29, 1.82) is 0 Å². The van der Waals surface area contributed by atoms with E-state index in [4.69, 9.17) is 15.5 Å². The van der Waals surface area contributed by atoms with E-state index in [9.17, 15) is 0 Å². The summed E-state index contributed by atoms with van der Waals surface area (Å²) in [6.45, 7) is 5.29. The second-order valence-corrected chi connectivity index (χ2v) is 9.94. The van der Waals surface area contributed by atoms with Gasteiger partial charge in [-0.3, -0.25) is 0 Å². The summed E-state index contributed by atoms with van der Waals surface area (Å²) in [6.07, 6.45) is 7.81. The lowest BCUT2D eigenvalue weighted by Gasteiger charge is -2.42. The Bertz CT molecular complexity index is 1320. The first-order chi connectivity index (χ1) is 17.2. The summed E-state index contributed by atoms with van der Waals surface area (Å²) in [4.78, 5) is 11.8. The summed E-state index contributed by atoms with van der Waals surface area (Å²) in [5.41, 5.74) is 12.0. The molecule has 3 heterocycles. The lowest BCUT2D eigenvalue weighted by molar-refractivity contribution is 0.0805. The maximum atomic E-state index is 6.46. The van der Waals surface area contributed by atoms with Crippen LogP contribution in [0.3, 0.4) is 0 Å². The molecule has 0 amide bonds. The second-order valence-electron chi connectivity index (χ2n) is 9.94. The number of hydrogen-bond donors (Lipinski definition) is 1. The van der Waals surface area contributed by atoms with Crippen LogP contribution in [0.15, 0.2) is 60.9 Å². The highest BCUT2D eigenvalue weighted by molar-refractivity contribution is 6.02. The van der Waals surface area contributed by atoms with E-state index >= 15 is 0 Å². The first-order valence-corrected chi connectivity index (χ1v) is 12.8. The molecule has 0 atom stereocenters. The standard InChI is InChI=1S/C29H33N5O/c1-20-26(22-9-5-10-25(17-22)35-18-21-7-3-2-4-8-21)27-28(30)31-19-32-29(27)34(20)24-13-11-23(12-14-24)33-15-6-16-33/h2-5,7-10,17,19,23-24H,6,11-16,18H2,1H3,(H2,30,31,32)/t23-,24-. The quantitative estimate of drug-likeness (QED) is 0.391. The molecule has 6 heteroatoms. The van der Waals surface area contributed by atoms with Gasteiger partial charge in [-0.1, -0.05) is 42.5 Å². The van der Waals surface area contributed by atoms with Crippen molar-refractivity contribution in [3.05, 3.63) is 72.2 Å². The van der Waals surface area contributed by atoms with Crippen molar-refractivity contribution >= 4 is 16.9 Å². The van der Waals surface area contributed by atoms with Crippen LogP contribution in [-0.2, 0) is 6.61 Å². The number of nitrogen functional groups attached to an aromatic ring is 1. The Labute approximate surface area is 206 Å². The minimum Gasteiger partial charge on any atom is -0.489 e. The Balaban J connectivity index is 1.33. The predicted molar refractivity (Wildman–Crippen MR) is 140 cm³/mol. The highest BCUT2D eigenvalue weighted by Gasteiger charge is 2.32. The van der Waals surface area contributed by atoms with Crippen LogP contribution in [0, 0.1) is 6.92 Å². The summed E-state index contributed by atoms with van der Waals surface area (Å²) in [5, 5.41) is 0.954. The van der Waals surface area contributed by atoms with E-state index in [0.29, 0.717) is 18.5 Å². The monoisotopic (exact) mass is 467 g/mol. The minimum atomic E-state index is 0.440. The normalized spacial score (nSPS) is 20.6. The number of ether oxygens (including phenoxy) is 1. The van der Waals surface area contributed by atoms with E-state index in [1.165, 1.54) is 50.9 Å². The number of benzene rings is 2. The zero-order valence-electron chi connectivity index (χ0n) is 20.4. The number of rotatable bonds is 6. The van der Waals surface area contributed by atoms with Gasteiger partial charge in [0.1, 0.15) is 30.1 Å². The van der Waals surface area contributed by atoms with Gasteiger partial charge < -0.3 is 19.9 Å². The molecule has 2 aromatic heterocycles. The predicted octanol–water partition coefficient (Wildman–Crippen LogP) is 5.76. The third kappa shape index (κ3) is 4.16. The summed E-state index contributed by atoms with van der Waals surface area (Å²) in [6, 6.07) is 19.8. The Morgan fingerprint density at radius 1 is 0.943 bits per heavy atom. The van der Waals surface area contributed by atoms with E-state index in [-0.39, 0.29) is 0 Å². The van der Waals surface area contributed by atoms with Gasteiger partial charge in [-0.25, -0.2) is 9.97 Å². The highest BCUT2D eigenvalue weighted by Crippen LogP contribution is 2.42. The topological polar surface area (TPSA) is 69.2 Å². The van der Waals surface area contributed by atoms with Crippen molar-refractivity contribution in [2.24, 2.45) is 0 Å². The van der Waals surface area contributed by atoms with Crippen molar-refractivity contribution in [3.63, 3.8) is 0 Å². The number of nitrogens with two attached hydrogens (primary N) is 1. The van der Waals surface area contributed by atoms with Crippen LogP contribution in [0.4, 0.5) is 5.82 Å². The van der Waals surface area contributed by atoms with E-state index in [2.05, 4.69) is 51.7 Å². The zero-order valence-corrected chi connectivity index (χ0v) is 20.4. The first-order valence-electron chi connectivity index (χ1n) is 12.8. The van der Waals surface area contributed by atoms with Gasteiger partial charge >= 0.3 is 0 Å². The van der Waals surface area contributed by atoms with Crippen molar-refractivity contribution in [2.75, 3.05) is 18.8 Å². The Hall–Kier alpha value is -3.38. The lowest BCUT2D eigenvalue weighted by Crippen LogP contribution is -2.46. The maximum absolute atomic E-state index is 6.46. The Morgan fingerprint density at radius 3 is 2.46 bits per heavy atom. The number of aromatic nitrogens is 3. The number of anilines is 1. The molecule has 0 unspecified atom stereocenters. The molecule has 6 rings (SSSR count). The average Bonchev–Trinajstić information content (AvgIpc) is 3.16. The number of nitrogens with zero attached hydrogens (tertiary/aromatic N) is 4. The fourth-order valence-corrected chi connectivity index (χ4v) is 5.94. The molecule has 1 saturated heterocycles. The van der Waals surface area contributed by atoms with Gasteiger partial charge in [-0.05, 0) is 75.4 Å². The molecule has 35 heavy (non-hydrogen) atoms. The summed E-state index contributed by atoms with van der Waals surface area (Å²) < 4.78 is 8.57. The third-order valence-electron chi connectivity index (χ3n) is 7.87. The van der Waals surface area contributed by atoms with Gasteiger partial charge in [-0.2, -0.15) is 0 Å². The molecule has 0 bridgehead atoms. The molecule has 4 aromatic rings. The number of hydrogen-bond acceptors (Lipinski definition) is 5. The largest absolute Gasteiger partial charge is 0.489 e. The second kappa shape index (κ2) is 9.34. The van der Waals surface area contributed by atoms with E-state index < -0.39 is 0 Å². The molecule has 1 aliphatic carbocycles. The van der Waals surface area contributed by atoms with Crippen LogP contribution in [-0.4, -0.2) is 38.6 Å². The van der Waals surface area contributed by atoms with Gasteiger partial charge in [0, 0.05) is 23.3 Å². The molecular formula is C29H33N5O. The molecule has 180 valence electrons. The fourth-order valence-electron chi connectivity index (χ4n) is 5.94. The minimum absolute atomic E-state index is 0.440. The van der Waals surface area contributed by atoms with Crippen LogP contribution in [0.1, 0.15) is 49.4 Å². The molecule has 0 spiro atoms. The molecule has 6 nitrogen and oxygen atoms in total. The van der Waals surface area contributed by atoms with E-state index in [1.54, 1.807) is 6.33 Å². The molecule has 2 aromatic carbocycles. The van der Waals surface area contributed by atoms with Gasteiger partial charge in [-0.15, -0.1) is 0 Å². The zero-order chi connectivity index (χ0) is 23.8. The Kier molecular flexibility index (Phi) is 5.90. The molecule has 2 fully saturated rings. The Morgan fingerprint density at radius 2 is 1.71 bits per heavy atom. The number of fused-ring (bicyclic) bond motifs is 1. The summed E-state index contributed by atoms with van der Waals surface area (Å²) in [5.74, 6) is 1.38. The van der Waals surface area contributed by atoms with Crippen LogP contribution in [0.2, 0.25) is 0 Å². The molecule has 1 saturated carbocycles. The third-order valence-corrected chi connectivity index (χ3v) is 7.87. The summed E-state index contributed by atoms with van der Waals surface area (Å²) >= 11 is 0. The molecular weight excluding hydrogens is 434 g/mol. The van der Waals surface area contributed by atoms with Crippen molar-refractivity contribution in [1.82, 2.24) is 19.4 Å². The van der Waals surface area contributed by atoms with E-state index in [1.807, 2.05) is 24.3 Å². The van der Waals surface area contributed by atoms with Gasteiger partial charge in [0.25, 0.3) is 0 Å². The number of likely N-dealkylation sites (tertiary alicyclic amines) is 1. The van der Waals surface area contributed by atoms with Crippen molar-refractivity contribution < 1.29 is 4.74 Å². The van der Waals surface area contributed by atoms with Crippen LogP contribution in [0.25, 0.3) is 22.2 Å². The molecule has 1 aliphatic heterocycles. The smallest absolute Gasteiger partial charge is 0.146 e. The van der Waals surface area contributed by atoms with Gasteiger partial charge in [0.2, 0.25) is 0 Å². The van der Waals surface area contributed by atoms with Crippen LogP contribution in [0.5, 0.6) is 5.75 Å². The fraction of sp³-hybridized carbons (Fsp3) is 0.379. The van der Waals surface area contributed by atoms with Gasteiger partial charge in [0.05, 0.1) is 5.39 Å². The SMILES string of the molecule is Cc1c(-c2cccc(OCc3ccccc3)c2)c2c(N)ncnc2n1[C@H]1CC[C@H](N2CCC2)CC1. The van der Waals surface area contributed by atoms with Crippen molar-refractivity contribution in [3.8, 4) is 16.9 Å². The lowest BCUT2D eigenvalue weighted by atomic mass is 9.88. The van der Waals surface area contributed by atoms with Gasteiger partial charge in [0.15, 0.2) is 0 Å². The van der Waals surface area contributed by atoms with Crippen LogP contribution < -0.4 is 10.5 Å². The molecule has 2 N–H and O–H groups in total.